The second kappa shape index (κ2) is 10.9. The summed E-state index contributed by atoms with van der Waals surface area (Å²) in [7, 11) is 0. The van der Waals surface area contributed by atoms with Crippen LogP contribution in [-0.4, -0.2) is 37.1 Å². The molecule has 0 aromatic heterocycles. The highest BCUT2D eigenvalue weighted by Crippen LogP contribution is 2.28. The second-order valence-corrected chi connectivity index (χ2v) is 7.54. The fraction of sp³-hybridized carbons (Fsp3) is 0.458. The normalized spacial score (nSPS) is 13.9. The van der Waals surface area contributed by atoms with Gasteiger partial charge in [-0.2, -0.15) is 0 Å². The van der Waals surface area contributed by atoms with Gasteiger partial charge in [-0.3, -0.25) is 4.79 Å². The summed E-state index contributed by atoms with van der Waals surface area (Å²) >= 11 is 0. The van der Waals surface area contributed by atoms with Crippen LogP contribution in [0.25, 0.3) is 0 Å². The molecule has 0 atom stereocenters. The molecule has 0 spiro atoms. The maximum Gasteiger partial charge on any atom is 0.260 e. The first-order valence-corrected chi connectivity index (χ1v) is 10.6. The van der Waals surface area contributed by atoms with E-state index in [2.05, 4.69) is 36.5 Å². The minimum Gasteiger partial charge on any atom is -0.490 e. The van der Waals surface area contributed by atoms with Gasteiger partial charge in [-0.05, 0) is 56.4 Å². The third kappa shape index (κ3) is 6.50. The summed E-state index contributed by atoms with van der Waals surface area (Å²) in [5.74, 6) is 1.37. The predicted molar refractivity (Wildman–Crippen MR) is 115 cm³/mol. The van der Waals surface area contributed by atoms with Gasteiger partial charge in [0.15, 0.2) is 18.1 Å². The zero-order chi connectivity index (χ0) is 20.5. The molecule has 3 rings (SSSR count). The van der Waals surface area contributed by atoms with Crippen LogP contribution in [0, 0.1) is 6.92 Å². The summed E-state index contributed by atoms with van der Waals surface area (Å²) in [5, 5.41) is 3.47. The predicted octanol–water partition coefficient (Wildman–Crippen LogP) is 4.07. The van der Waals surface area contributed by atoms with Crippen molar-refractivity contribution in [3.05, 3.63) is 59.2 Å². The van der Waals surface area contributed by atoms with Gasteiger partial charge in [0.2, 0.25) is 0 Å². The molecule has 1 amide bonds. The molecule has 5 heteroatoms. The minimum atomic E-state index is 0.0519. The number of carbonyl (C=O) groups is 1. The first-order chi connectivity index (χ1) is 14.2. The number of benzene rings is 2. The van der Waals surface area contributed by atoms with Gasteiger partial charge in [0.25, 0.3) is 5.91 Å². The zero-order valence-electron chi connectivity index (χ0n) is 17.6. The van der Waals surface area contributed by atoms with Crippen molar-refractivity contribution in [1.29, 1.82) is 0 Å². The minimum absolute atomic E-state index is 0.0519. The Labute approximate surface area is 174 Å². The van der Waals surface area contributed by atoms with Crippen LogP contribution in [0.5, 0.6) is 11.5 Å². The van der Waals surface area contributed by atoms with Gasteiger partial charge in [-0.15, -0.1) is 0 Å². The highest BCUT2D eigenvalue weighted by Gasteiger charge is 2.17. The summed E-state index contributed by atoms with van der Waals surface area (Å²) in [6.07, 6.45) is 3.37. The van der Waals surface area contributed by atoms with Gasteiger partial charge in [0.1, 0.15) is 0 Å². The molecule has 29 heavy (non-hydrogen) atoms. The highest BCUT2D eigenvalue weighted by atomic mass is 16.5. The summed E-state index contributed by atoms with van der Waals surface area (Å²) in [6.45, 7) is 7.90. The van der Waals surface area contributed by atoms with Crippen molar-refractivity contribution in [3.63, 3.8) is 0 Å². The van der Waals surface area contributed by atoms with E-state index in [1.807, 2.05) is 30.0 Å². The van der Waals surface area contributed by atoms with Crippen LogP contribution >= 0.6 is 0 Å². The number of hydrogen-bond donors (Lipinski definition) is 1. The van der Waals surface area contributed by atoms with E-state index >= 15 is 0 Å². The lowest BCUT2D eigenvalue weighted by molar-refractivity contribution is -0.134. The topological polar surface area (TPSA) is 50.8 Å². The number of piperidine rings is 1. The maximum absolute atomic E-state index is 12.4. The molecule has 0 unspecified atom stereocenters. The van der Waals surface area contributed by atoms with E-state index in [9.17, 15) is 4.79 Å². The van der Waals surface area contributed by atoms with Crippen LogP contribution in [0.4, 0.5) is 0 Å². The summed E-state index contributed by atoms with van der Waals surface area (Å²) in [5.41, 5.74) is 3.66. The van der Waals surface area contributed by atoms with Crippen molar-refractivity contribution in [1.82, 2.24) is 10.2 Å². The number of nitrogens with zero attached hydrogens (tertiary/aromatic N) is 1. The Morgan fingerprint density at radius 2 is 1.72 bits per heavy atom. The molecular weight excluding hydrogens is 364 g/mol. The lowest BCUT2D eigenvalue weighted by atomic mass is 10.1. The molecular formula is C24H32N2O3. The first kappa shape index (κ1) is 21.2. The first-order valence-electron chi connectivity index (χ1n) is 10.6. The van der Waals surface area contributed by atoms with Crippen LogP contribution in [0.15, 0.2) is 42.5 Å². The SMILES string of the molecule is CCOc1cc(CNCc2cccc(C)c2)ccc1OCC(=O)N1CCCCC1. The third-order valence-corrected chi connectivity index (χ3v) is 5.11. The maximum atomic E-state index is 12.4. The van der Waals surface area contributed by atoms with Crippen LogP contribution in [0.2, 0.25) is 0 Å². The molecule has 156 valence electrons. The lowest BCUT2D eigenvalue weighted by Gasteiger charge is -2.26. The van der Waals surface area contributed by atoms with Crippen molar-refractivity contribution < 1.29 is 14.3 Å². The van der Waals surface area contributed by atoms with E-state index in [-0.39, 0.29) is 12.5 Å². The fourth-order valence-electron chi connectivity index (χ4n) is 3.60. The number of hydrogen-bond acceptors (Lipinski definition) is 4. The Morgan fingerprint density at radius 3 is 2.45 bits per heavy atom. The second-order valence-electron chi connectivity index (χ2n) is 7.54. The zero-order valence-corrected chi connectivity index (χ0v) is 17.6. The van der Waals surface area contributed by atoms with E-state index in [1.165, 1.54) is 17.5 Å². The number of likely N-dealkylation sites (tertiary alicyclic amines) is 1. The molecule has 1 heterocycles. The standard InChI is InChI=1S/C24H32N2O3/c1-3-28-23-15-21(17-25-16-20-9-7-8-19(2)14-20)10-11-22(23)29-18-24(27)26-12-5-4-6-13-26/h7-11,14-15,25H,3-6,12-13,16-18H2,1-2H3. The quantitative estimate of drug-likeness (QED) is 0.694. The number of nitrogens with one attached hydrogen (secondary N) is 1. The van der Waals surface area contributed by atoms with Crippen molar-refractivity contribution in [3.8, 4) is 11.5 Å². The molecule has 0 saturated carbocycles. The Morgan fingerprint density at radius 1 is 0.966 bits per heavy atom. The largest absolute Gasteiger partial charge is 0.490 e. The molecule has 1 N–H and O–H groups in total. The van der Waals surface area contributed by atoms with E-state index < -0.39 is 0 Å². The van der Waals surface area contributed by atoms with Gasteiger partial charge < -0.3 is 19.7 Å². The van der Waals surface area contributed by atoms with Crippen molar-refractivity contribution in [2.75, 3.05) is 26.3 Å². The van der Waals surface area contributed by atoms with E-state index in [4.69, 9.17) is 9.47 Å². The Balaban J connectivity index is 1.55. The van der Waals surface area contributed by atoms with Gasteiger partial charge in [-0.1, -0.05) is 35.9 Å². The Kier molecular flexibility index (Phi) is 7.94. The number of rotatable bonds is 9. The van der Waals surface area contributed by atoms with Gasteiger partial charge >= 0.3 is 0 Å². The van der Waals surface area contributed by atoms with Crippen molar-refractivity contribution >= 4 is 5.91 Å². The summed E-state index contributed by atoms with van der Waals surface area (Å²) < 4.78 is 11.6. The lowest BCUT2D eigenvalue weighted by Crippen LogP contribution is -2.38. The van der Waals surface area contributed by atoms with E-state index in [1.54, 1.807) is 0 Å². The molecule has 0 bridgehead atoms. The molecule has 0 radical (unpaired) electrons. The molecule has 0 aliphatic carbocycles. The molecule has 5 nitrogen and oxygen atoms in total. The molecule has 1 aliphatic heterocycles. The average Bonchev–Trinajstić information content (AvgIpc) is 2.74. The summed E-state index contributed by atoms with van der Waals surface area (Å²) in [4.78, 5) is 14.3. The van der Waals surface area contributed by atoms with Crippen LogP contribution in [0.3, 0.4) is 0 Å². The fourth-order valence-corrected chi connectivity index (χ4v) is 3.60. The van der Waals surface area contributed by atoms with Crippen LogP contribution in [-0.2, 0) is 17.9 Å². The molecule has 1 fully saturated rings. The van der Waals surface area contributed by atoms with Gasteiger partial charge in [-0.25, -0.2) is 0 Å². The van der Waals surface area contributed by atoms with Crippen molar-refractivity contribution in [2.45, 2.75) is 46.2 Å². The average molecular weight is 397 g/mol. The molecule has 2 aromatic rings. The summed E-state index contributed by atoms with van der Waals surface area (Å²) in [6, 6.07) is 14.4. The number of ether oxygens (including phenoxy) is 2. The number of carbonyl (C=O) groups excluding carboxylic acids is 1. The third-order valence-electron chi connectivity index (χ3n) is 5.11. The highest BCUT2D eigenvalue weighted by molar-refractivity contribution is 5.78. The smallest absolute Gasteiger partial charge is 0.260 e. The molecule has 1 aliphatic rings. The van der Waals surface area contributed by atoms with Gasteiger partial charge in [0.05, 0.1) is 6.61 Å². The van der Waals surface area contributed by atoms with Crippen LogP contribution < -0.4 is 14.8 Å². The van der Waals surface area contributed by atoms with Crippen molar-refractivity contribution in [2.24, 2.45) is 0 Å². The Hall–Kier alpha value is -2.53. The van der Waals surface area contributed by atoms with Crippen LogP contribution in [0.1, 0.15) is 42.9 Å². The number of amides is 1. The van der Waals surface area contributed by atoms with E-state index in [0.29, 0.717) is 18.1 Å². The van der Waals surface area contributed by atoms with E-state index in [0.717, 1.165) is 44.6 Å². The Bertz CT molecular complexity index is 800. The molecule has 1 saturated heterocycles. The molecule has 2 aromatic carbocycles. The van der Waals surface area contributed by atoms with Gasteiger partial charge in [0, 0.05) is 26.2 Å². The monoisotopic (exact) mass is 396 g/mol. The number of aryl methyl sites for hydroxylation is 1.